The summed E-state index contributed by atoms with van der Waals surface area (Å²) in [5.74, 6) is 1.10. The van der Waals surface area contributed by atoms with Gasteiger partial charge in [0.2, 0.25) is 5.91 Å². The van der Waals surface area contributed by atoms with E-state index in [1.54, 1.807) is 36.1 Å². The van der Waals surface area contributed by atoms with Crippen molar-refractivity contribution < 1.29 is 33.1 Å². The van der Waals surface area contributed by atoms with E-state index >= 15 is 0 Å². The Morgan fingerprint density at radius 2 is 1.98 bits per heavy atom. The SMILES string of the molecule is CCN1CC(=O)N[C@H]2CN(C(=O)c3cc(C)on3)CC[C@@H]2OCc2cccc(c2)Oc2cc(OC(C)C)cc(c2)C1=O. The van der Waals surface area contributed by atoms with Crippen LogP contribution in [0, 0.1) is 6.92 Å². The molecule has 1 N–H and O–H groups in total. The number of carbonyl (C=O) groups excluding carboxylic acids is 3. The lowest BCUT2D eigenvalue weighted by atomic mass is 10.0. The van der Waals surface area contributed by atoms with Gasteiger partial charge in [-0.1, -0.05) is 17.3 Å². The van der Waals surface area contributed by atoms with Crippen LogP contribution in [-0.4, -0.2) is 77.1 Å². The second kappa shape index (κ2) is 12.6. The van der Waals surface area contributed by atoms with Crippen LogP contribution in [0.1, 0.15) is 59.4 Å². The minimum atomic E-state index is -0.501. The first kappa shape index (κ1) is 29.1. The summed E-state index contributed by atoms with van der Waals surface area (Å²) in [4.78, 5) is 43.2. The second-order valence-corrected chi connectivity index (χ2v) is 10.8. The first-order chi connectivity index (χ1) is 20.2. The molecular formula is C31H36N4O7. The highest BCUT2D eigenvalue weighted by molar-refractivity contribution is 5.97. The van der Waals surface area contributed by atoms with Gasteiger partial charge in [-0.2, -0.15) is 0 Å². The minimum absolute atomic E-state index is 0.113. The van der Waals surface area contributed by atoms with Crippen LogP contribution in [-0.2, 0) is 16.1 Å². The molecule has 3 amide bonds. The van der Waals surface area contributed by atoms with Gasteiger partial charge in [0.15, 0.2) is 5.69 Å². The van der Waals surface area contributed by atoms with E-state index in [0.29, 0.717) is 48.1 Å². The smallest absolute Gasteiger partial charge is 0.276 e. The summed E-state index contributed by atoms with van der Waals surface area (Å²) in [5, 5.41) is 6.89. The largest absolute Gasteiger partial charge is 0.491 e. The fourth-order valence-corrected chi connectivity index (χ4v) is 5.15. The lowest BCUT2D eigenvalue weighted by Crippen LogP contribution is -2.58. The van der Waals surface area contributed by atoms with Gasteiger partial charge in [0.25, 0.3) is 11.8 Å². The average Bonchev–Trinajstić information content (AvgIpc) is 3.40. The highest BCUT2D eigenvalue weighted by Gasteiger charge is 2.35. The number of carbonyl (C=O) groups is 3. The Morgan fingerprint density at radius 1 is 1.14 bits per heavy atom. The third kappa shape index (κ3) is 6.91. The molecule has 0 spiro atoms. The monoisotopic (exact) mass is 576 g/mol. The number of aryl methyl sites for hydroxylation is 1. The zero-order chi connectivity index (χ0) is 29.8. The predicted octanol–water partition coefficient (Wildman–Crippen LogP) is 3.95. The number of amides is 3. The number of likely N-dealkylation sites (N-methyl/N-ethyl adjacent to an activating group) is 1. The van der Waals surface area contributed by atoms with Crippen molar-refractivity contribution in [3.63, 3.8) is 0 Å². The minimum Gasteiger partial charge on any atom is -0.491 e. The predicted molar refractivity (Wildman–Crippen MR) is 153 cm³/mol. The summed E-state index contributed by atoms with van der Waals surface area (Å²) in [6.45, 7) is 8.42. The number of hydrogen-bond donors (Lipinski definition) is 1. The number of piperidine rings is 1. The van der Waals surface area contributed by atoms with Crippen molar-refractivity contribution in [3.05, 3.63) is 71.1 Å². The summed E-state index contributed by atoms with van der Waals surface area (Å²) in [6.07, 6.45) is 0.0325. The normalized spacial score (nSPS) is 19.6. The molecule has 2 aromatic carbocycles. The molecule has 1 fully saturated rings. The Kier molecular flexibility index (Phi) is 8.77. The van der Waals surface area contributed by atoms with E-state index in [-0.39, 0.29) is 55.3 Å². The van der Waals surface area contributed by atoms with Gasteiger partial charge in [-0.3, -0.25) is 14.4 Å². The van der Waals surface area contributed by atoms with E-state index in [1.165, 1.54) is 4.90 Å². The highest BCUT2D eigenvalue weighted by atomic mass is 16.5. The van der Waals surface area contributed by atoms with E-state index in [0.717, 1.165) is 5.56 Å². The lowest BCUT2D eigenvalue weighted by molar-refractivity contribution is -0.124. The molecule has 2 aliphatic heterocycles. The van der Waals surface area contributed by atoms with Gasteiger partial charge < -0.3 is 33.9 Å². The van der Waals surface area contributed by atoms with Crippen molar-refractivity contribution in [2.75, 3.05) is 26.2 Å². The van der Waals surface area contributed by atoms with Crippen LogP contribution >= 0.6 is 0 Å². The molecule has 0 unspecified atom stereocenters. The van der Waals surface area contributed by atoms with Gasteiger partial charge in [-0.05, 0) is 63.9 Å². The van der Waals surface area contributed by atoms with Crippen LogP contribution in [0.25, 0.3) is 0 Å². The van der Waals surface area contributed by atoms with Crippen molar-refractivity contribution in [1.29, 1.82) is 0 Å². The summed E-state index contributed by atoms with van der Waals surface area (Å²) >= 11 is 0. The highest BCUT2D eigenvalue weighted by Crippen LogP contribution is 2.30. The molecule has 11 heteroatoms. The zero-order valence-corrected chi connectivity index (χ0v) is 24.3. The van der Waals surface area contributed by atoms with Crippen LogP contribution in [0.2, 0.25) is 0 Å². The molecule has 0 radical (unpaired) electrons. The van der Waals surface area contributed by atoms with Gasteiger partial charge in [-0.25, -0.2) is 0 Å². The molecule has 42 heavy (non-hydrogen) atoms. The maximum Gasteiger partial charge on any atom is 0.276 e. The van der Waals surface area contributed by atoms with Crippen molar-refractivity contribution in [2.24, 2.45) is 0 Å². The Morgan fingerprint density at radius 3 is 2.71 bits per heavy atom. The van der Waals surface area contributed by atoms with E-state index in [2.05, 4.69) is 10.5 Å². The first-order valence-electron chi connectivity index (χ1n) is 14.2. The third-order valence-electron chi connectivity index (χ3n) is 7.13. The van der Waals surface area contributed by atoms with Crippen molar-refractivity contribution in [2.45, 2.75) is 59.0 Å². The fourth-order valence-electron chi connectivity index (χ4n) is 5.15. The number of benzene rings is 2. The van der Waals surface area contributed by atoms with Crippen LogP contribution < -0.4 is 14.8 Å². The number of fused-ring (bicyclic) bond motifs is 5. The van der Waals surface area contributed by atoms with Crippen LogP contribution in [0.15, 0.2) is 53.1 Å². The number of ether oxygens (including phenoxy) is 3. The molecule has 1 aromatic heterocycles. The molecule has 11 nitrogen and oxygen atoms in total. The standard InChI is InChI=1S/C31H36N4O7/c1-5-34-17-29(36)32-27-16-35(31(38)26-11-20(4)42-33-26)10-9-28(27)39-18-21-7-6-8-23(12-21)41-25-14-22(30(34)37)13-24(15-25)40-19(2)3/h6-8,11-15,19,27-28H,5,9-10,16-18H2,1-4H3,(H,32,36)/t27-,28-/m0/s1. The average molecular weight is 577 g/mol. The molecule has 222 valence electrons. The Labute approximate surface area is 244 Å². The molecular weight excluding hydrogens is 540 g/mol. The summed E-state index contributed by atoms with van der Waals surface area (Å²) in [6, 6.07) is 13.7. The number of rotatable bonds is 4. The fraction of sp³-hybridized carbons (Fsp3) is 0.419. The summed E-state index contributed by atoms with van der Waals surface area (Å²) in [7, 11) is 0. The Bertz CT molecular complexity index is 1450. The van der Waals surface area contributed by atoms with Crippen molar-refractivity contribution in [3.8, 4) is 17.2 Å². The molecule has 1 saturated heterocycles. The van der Waals surface area contributed by atoms with E-state index in [1.807, 2.05) is 45.0 Å². The number of nitrogens with zero attached hydrogens (tertiary/aromatic N) is 3. The second-order valence-electron chi connectivity index (χ2n) is 10.8. The topological polar surface area (TPSA) is 123 Å². The number of hydrogen-bond acceptors (Lipinski definition) is 8. The lowest BCUT2D eigenvalue weighted by Gasteiger charge is -2.38. The van der Waals surface area contributed by atoms with Gasteiger partial charge in [0, 0.05) is 37.3 Å². The van der Waals surface area contributed by atoms with Gasteiger partial charge in [-0.15, -0.1) is 0 Å². The maximum atomic E-state index is 13.6. The summed E-state index contributed by atoms with van der Waals surface area (Å²) in [5.41, 5.74) is 1.44. The van der Waals surface area contributed by atoms with Crippen LogP contribution in [0.3, 0.4) is 0 Å². The number of nitrogens with one attached hydrogen (secondary N) is 1. The summed E-state index contributed by atoms with van der Waals surface area (Å²) < 4.78 is 23.5. The Hall–Kier alpha value is -4.38. The van der Waals surface area contributed by atoms with E-state index < -0.39 is 6.04 Å². The molecule has 0 aliphatic carbocycles. The molecule has 4 bridgehead atoms. The maximum absolute atomic E-state index is 13.6. The van der Waals surface area contributed by atoms with Gasteiger partial charge >= 0.3 is 0 Å². The number of likely N-dealkylation sites (tertiary alicyclic amines) is 1. The van der Waals surface area contributed by atoms with Gasteiger partial charge in [0.1, 0.15) is 23.0 Å². The van der Waals surface area contributed by atoms with Crippen LogP contribution in [0.5, 0.6) is 17.2 Å². The molecule has 5 rings (SSSR count). The zero-order valence-electron chi connectivity index (χ0n) is 24.3. The molecule has 3 heterocycles. The van der Waals surface area contributed by atoms with E-state index in [4.69, 9.17) is 18.7 Å². The molecule has 2 aliphatic rings. The molecule has 3 aromatic rings. The van der Waals surface area contributed by atoms with Gasteiger partial charge in [0.05, 0.1) is 31.4 Å². The Balaban J connectivity index is 1.45. The van der Waals surface area contributed by atoms with Crippen molar-refractivity contribution >= 4 is 17.7 Å². The van der Waals surface area contributed by atoms with E-state index in [9.17, 15) is 14.4 Å². The molecule has 0 saturated carbocycles. The quantitative estimate of drug-likeness (QED) is 0.495. The van der Waals surface area contributed by atoms with Crippen LogP contribution in [0.4, 0.5) is 0 Å². The third-order valence-corrected chi connectivity index (χ3v) is 7.13. The first-order valence-corrected chi connectivity index (χ1v) is 14.2. The van der Waals surface area contributed by atoms with Crippen molar-refractivity contribution in [1.82, 2.24) is 20.3 Å². The molecule has 2 atom stereocenters. The number of aromatic nitrogens is 1.